The van der Waals surface area contributed by atoms with Crippen LogP contribution in [0.15, 0.2) is 36.4 Å². The van der Waals surface area contributed by atoms with Crippen LogP contribution in [0.2, 0.25) is 0 Å². The number of fused-ring (bicyclic) bond motifs is 1. The Morgan fingerprint density at radius 1 is 1.21 bits per heavy atom. The van der Waals surface area contributed by atoms with E-state index in [0.717, 1.165) is 30.2 Å². The lowest BCUT2D eigenvalue weighted by Gasteiger charge is -2.27. The second kappa shape index (κ2) is 8.87. The van der Waals surface area contributed by atoms with Crippen molar-refractivity contribution in [1.29, 1.82) is 0 Å². The molecule has 1 aliphatic rings. The minimum atomic E-state index is -0.0473. The predicted octanol–water partition coefficient (Wildman–Crippen LogP) is 1.22. The van der Waals surface area contributed by atoms with Crippen molar-refractivity contribution in [3.05, 3.63) is 47.8 Å². The zero-order valence-corrected chi connectivity index (χ0v) is 16.4. The van der Waals surface area contributed by atoms with Crippen LogP contribution < -0.4 is 15.0 Å². The van der Waals surface area contributed by atoms with Crippen LogP contribution in [0.25, 0.3) is 5.65 Å². The van der Waals surface area contributed by atoms with Gasteiger partial charge in [0.05, 0.1) is 20.3 Å². The molecular formula is C20H24N6O3. The molecule has 3 aromatic rings. The van der Waals surface area contributed by atoms with E-state index in [0.29, 0.717) is 44.1 Å². The van der Waals surface area contributed by atoms with E-state index in [2.05, 4.69) is 25.5 Å². The summed E-state index contributed by atoms with van der Waals surface area (Å²) in [6, 6.07) is 11.5. The van der Waals surface area contributed by atoms with Gasteiger partial charge in [0.25, 0.3) is 0 Å². The van der Waals surface area contributed by atoms with Gasteiger partial charge in [0, 0.05) is 32.5 Å². The highest BCUT2D eigenvalue weighted by molar-refractivity contribution is 5.76. The lowest BCUT2D eigenvalue weighted by atomic mass is 10.2. The van der Waals surface area contributed by atoms with Gasteiger partial charge in [0.15, 0.2) is 11.5 Å². The maximum atomic E-state index is 12.3. The van der Waals surface area contributed by atoms with E-state index in [1.165, 1.54) is 0 Å². The molecule has 3 heterocycles. The van der Waals surface area contributed by atoms with E-state index < -0.39 is 0 Å². The number of amides is 1. The standard InChI is InChI=1S/C20H24N6O3/c1-28-16-4-2-3-15(13-16)14-21-20(27)8-7-18-23-22-17-5-6-19(24-26(17)18)25-9-11-29-12-10-25/h2-6,13H,7-12,14H2,1H3,(H,21,27). The SMILES string of the molecule is COc1cccc(CNC(=O)CCc2nnc3ccc(N4CCOCC4)nn23)c1. The molecule has 29 heavy (non-hydrogen) atoms. The summed E-state index contributed by atoms with van der Waals surface area (Å²) in [5.41, 5.74) is 1.66. The molecule has 0 aliphatic carbocycles. The molecule has 0 bridgehead atoms. The van der Waals surface area contributed by atoms with E-state index in [9.17, 15) is 4.79 Å². The first-order valence-corrected chi connectivity index (χ1v) is 9.66. The van der Waals surface area contributed by atoms with Crippen LogP contribution in [0.5, 0.6) is 5.75 Å². The van der Waals surface area contributed by atoms with Gasteiger partial charge in [-0.1, -0.05) is 12.1 Å². The Labute approximate surface area is 168 Å². The molecule has 1 fully saturated rings. The summed E-state index contributed by atoms with van der Waals surface area (Å²) >= 11 is 0. The number of hydrogen-bond donors (Lipinski definition) is 1. The lowest BCUT2D eigenvalue weighted by Crippen LogP contribution is -2.37. The Morgan fingerprint density at radius 3 is 2.90 bits per heavy atom. The van der Waals surface area contributed by atoms with E-state index >= 15 is 0 Å². The van der Waals surface area contributed by atoms with E-state index in [1.54, 1.807) is 11.6 Å². The number of hydrogen-bond acceptors (Lipinski definition) is 7. The van der Waals surface area contributed by atoms with Crippen molar-refractivity contribution in [3.63, 3.8) is 0 Å². The summed E-state index contributed by atoms with van der Waals surface area (Å²) in [5, 5.41) is 16.0. The Bertz CT molecular complexity index is 983. The van der Waals surface area contributed by atoms with Crippen molar-refractivity contribution in [2.75, 3.05) is 38.3 Å². The molecule has 9 heteroatoms. The second-order valence-electron chi connectivity index (χ2n) is 6.81. The molecule has 1 saturated heterocycles. The van der Waals surface area contributed by atoms with Crippen LogP contribution in [-0.4, -0.2) is 59.1 Å². The average molecular weight is 396 g/mol. The Hall–Kier alpha value is -3.20. The number of morpholine rings is 1. The van der Waals surface area contributed by atoms with Gasteiger partial charge in [0.2, 0.25) is 5.91 Å². The van der Waals surface area contributed by atoms with Crippen LogP contribution >= 0.6 is 0 Å². The minimum absolute atomic E-state index is 0.0473. The van der Waals surface area contributed by atoms with Gasteiger partial charge in [0.1, 0.15) is 11.6 Å². The molecule has 4 rings (SSSR count). The molecule has 1 aliphatic heterocycles. The van der Waals surface area contributed by atoms with Gasteiger partial charge in [-0.05, 0) is 29.8 Å². The Kier molecular flexibility index (Phi) is 5.85. The highest BCUT2D eigenvalue weighted by Crippen LogP contribution is 2.15. The molecule has 0 spiro atoms. The van der Waals surface area contributed by atoms with E-state index in [-0.39, 0.29) is 5.91 Å². The van der Waals surface area contributed by atoms with Crippen LogP contribution in [0.1, 0.15) is 17.8 Å². The molecule has 0 atom stereocenters. The number of benzene rings is 1. The summed E-state index contributed by atoms with van der Waals surface area (Å²) in [4.78, 5) is 14.4. The first-order valence-electron chi connectivity index (χ1n) is 9.66. The molecular weight excluding hydrogens is 372 g/mol. The summed E-state index contributed by atoms with van der Waals surface area (Å²) in [7, 11) is 1.62. The summed E-state index contributed by atoms with van der Waals surface area (Å²) in [5.74, 6) is 2.26. The topological polar surface area (TPSA) is 93.9 Å². The normalized spacial score (nSPS) is 14.2. The van der Waals surface area contributed by atoms with Crippen LogP contribution in [-0.2, 0) is 22.5 Å². The predicted molar refractivity (Wildman–Crippen MR) is 107 cm³/mol. The van der Waals surface area contributed by atoms with Crippen molar-refractivity contribution in [2.24, 2.45) is 0 Å². The van der Waals surface area contributed by atoms with Crippen LogP contribution in [0.3, 0.4) is 0 Å². The quantitative estimate of drug-likeness (QED) is 0.642. The molecule has 1 N–H and O–H groups in total. The van der Waals surface area contributed by atoms with Crippen molar-refractivity contribution >= 4 is 17.4 Å². The third kappa shape index (κ3) is 4.62. The van der Waals surface area contributed by atoms with Gasteiger partial charge in [-0.25, -0.2) is 0 Å². The number of carbonyl (C=O) groups is 1. The third-order valence-corrected chi connectivity index (χ3v) is 4.85. The highest BCUT2D eigenvalue weighted by Gasteiger charge is 2.15. The number of aryl methyl sites for hydroxylation is 1. The van der Waals surface area contributed by atoms with Gasteiger partial charge >= 0.3 is 0 Å². The number of carbonyl (C=O) groups excluding carboxylic acids is 1. The number of rotatable bonds is 7. The average Bonchev–Trinajstić information content (AvgIpc) is 3.19. The summed E-state index contributed by atoms with van der Waals surface area (Å²) in [6.07, 6.45) is 0.777. The summed E-state index contributed by atoms with van der Waals surface area (Å²) in [6.45, 7) is 3.46. The zero-order valence-electron chi connectivity index (χ0n) is 16.4. The Morgan fingerprint density at radius 2 is 2.07 bits per heavy atom. The number of aromatic nitrogens is 4. The van der Waals surface area contributed by atoms with Crippen molar-refractivity contribution in [3.8, 4) is 5.75 Å². The van der Waals surface area contributed by atoms with Gasteiger partial charge in [-0.2, -0.15) is 4.52 Å². The van der Waals surface area contributed by atoms with Gasteiger partial charge in [-0.3, -0.25) is 4.79 Å². The summed E-state index contributed by atoms with van der Waals surface area (Å²) < 4.78 is 12.3. The maximum Gasteiger partial charge on any atom is 0.220 e. The number of anilines is 1. The molecule has 0 unspecified atom stereocenters. The molecule has 9 nitrogen and oxygen atoms in total. The minimum Gasteiger partial charge on any atom is -0.497 e. The fraction of sp³-hybridized carbons (Fsp3) is 0.400. The van der Waals surface area contributed by atoms with Crippen molar-refractivity contribution < 1.29 is 14.3 Å². The van der Waals surface area contributed by atoms with Gasteiger partial charge in [-0.15, -0.1) is 15.3 Å². The number of ether oxygens (including phenoxy) is 2. The first-order chi connectivity index (χ1) is 14.2. The highest BCUT2D eigenvalue weighted by atomic mass is 16.5. The maximum absolute atomic E-state index is 12.3. The monoisotopic (exact) mass is 396 g/mol. The first kappa shape index (κ1) is 19.1. The molecule has 0 saturated carbocycles. The van der Waals surface area contributed by atoms with E-state index in [4.69, 9.17) is 9.47 Å². The molecule has 0 radical (unpaired) electrons. The molecule has 1 amide bonds. The van der Waals surface area contributed by atoms with Crippen LogP contribution in [0.4, 0.5) is 5.82 Å². The van der Waals surface area contributed by atoms with Gasteiger partial charge < -0.3 is 19.7 Å². The molecule has 152 valence electrons. The second-order valence-corrected chi connectivity index (χ2v) is 6.81. The fourth-order valence-corrected chi connectivity index (χ4v) is 3.24. The van der Waals surface area contributed by atoms with Crippen LogP contribution in [0, 0.1) is 0 Å². The van der Waals surface area contributed by atoms with E-state index in [1.807, 2.05) is 36.4 Å². The smallest absolute Gasteiger partial charge is 0.220 e. The Balaban J connectivity index is 1.36. The van der Waals surface area contributed by atoms with Crippen molar-refractivity contribution in [2.45, 2.75) is 19.4 Å². The number of nitrogens with one attached hydrogen (secondary N) is 1. The third-order valence-electron chi connectivity index (χ3n) is 4.85. The lowest BCUT2D eigenvalue weighted by molar-refractivity contribution is -0.121. The number of methoxy groups -OCH3 is 1. The number of nitrogens with zero attached hydrogens (tertiary/aromatic N) is 5. The molecule has 1 aromatic carbocycles. The molecule has 2 aromatic heterocycles. The zero-order chi connectivity index (χ0) is 20.1. The van der Waals surface area contributed by atoms with Crippen molar-refractivity contribution in [1.82, 2.24) is 25.1 Å². The fourth-order valence-electron chi connectivity index (χ4n) is 3.24. The largest absolute Gasteiger partial charge is 0.497 e.